The highest BCUT2D eigenvalue weighted by Crippen LogP contribution is 2.17. The molecule has 0 bridgehead atoms. The van der Waals surface area contributed by atoms with E-state index in [1.54, 1.807) is 11.0 Å². The fraction of sp³-hybridized carbons (Fsp3) is 0.304. The van der Waals surface area contributed by atoms with Gasteiger partial charge in [-0.1, -0.05) is 80.6 Å². The van der Waals surface area contributed by atoms with E-state index in [-0.39, 0.29) is 17.7 Å². The van der Waals surface area contributed by atoms with Crippen molar-refractivity contribution in [3.05, 3.63) is 84.4 Å². The number of nitrogens with one attached hydrogen (secondary N) is 1. The number of rotatable bonds is 9. The molecule has 0 saturated carbocycles. The summed E-state index contributed by atoms with van der Waals surface area (Å²) in [6.07, 6.45) is 2.11. The lowest BCUT2D eigenvalue weighted by molar-refractivity contribution is -0.143. The summed E-state index contributed by atoms with van der Waals surface area (Å²) in [7, 11) is 0. The second kappa shape index (κ2) is 10.3. The number of carbonyl (C=O) groups is 2. The summed E-state index contributed by atoms with van der Waals surface area (Å²) in [5, 5.41) is 2.86. The first kappa shape index (κ1) is 20.4. The second-order valence-corrected chi connectivity index (χ2v) is 6.85. The van der Waals surface area contributed by atoms with E-state index in [0.717, 1.165) is 11.1 Å². The van der Waals surface area contributed by atoms with E-state index < -0.39 is 6.04 Å². The van der Waals surface area contributed by atoms with Crippen LogP contribution >= 0.6 is 0 Å². The van der Waals surface area contributed by atoms with Crippen LogP contribution in [0.15, 0.2) is 73.3 Å². The monoisotopic (exact) mass is 364 g/mol. The third-order valence-corrected chi connectivity index (χ3v) is 4.34. The van der Waals surface area contributed by atoms with Gasteiger partial charge in [0.25, 0.3) is 0 Å². The van der Waals surface area contributed by atoms with Crippen LogP contribution in [0.3, 0.4) is 0 Å². The zero-order valence-corrected chi connectivity index (χ0v) is 16.1. The molecule has 0 aliphatic carbocycles. The first-order valence-electron chi connectivity index (χ1n) is 9.30. The number of benzene rings is 2. The predicted molar refractivity (Wildman–Crippen MR) is 109 cm³/mol. The highest BCUT2D eigenvalue weighted by Gasteiger charge is 2.31. The van der Waals surface area contributed by atoms with Gasteiger partial charge in [0.1, 0.15) is 6.04 Å². The maximum Gasteiger partial charge on any atom is 0.243 e. The first-order valence-corrected chi connectivity index (χ1v) is 9.30. The third kappa shape index (κ3) is 6.10. The minimum absolute atomic E-state index is 0.0338. The number of hydrogen-bond acceptors (Lipinski definition) is 2. The molecule has 4 heteroatoms. The molecule has 0 saturated heterocycles. The largest absolute Gasteiger partial charge is 0.351 e. The molecule has 0 aliphatic heterocycles. The van der Waals surface area contributed by atoms with Gasteiger partial charge in [-0.3, -0.25) is 9.59 Å². The van der Waals surface area contributed by atoms with E-state index in [9.17, 15) is 9.59 Å². The second-order valence-electron chi connectivity index (χ2n) is 6.85. The van der Waals surface area contributed by atoms with Crippen LogP contribution in [0.2, 0.25) is 0 Å². The summed E-state index contributed by atoms with van der Waals surface area (Å²) in [5.74, 6) is -0.392. The van der Waals surface area contributed by atoms with Crippen molar-refractivity contribution < 1.29 is 9.59 Å². The van der Waals surface area contributed by atoms with E-state index in [2.05, 4.69) is 11.9 Å². The fourth-order valence-electron chi connectivity index (χ4n) is 2.93. The van der Waals surface area contributed by atoms with Gasteiger partial charge in [0, 0.05) is 25.4 Å². The summed E-state index contributed by atoms with van der Waals surface area (Å²) >= 11 is 0. The molecule has 0 radical (unpaired) electrons. The van der Waals surface area contributed by atoms with Crippen LogP contribution in [-0.2, 0) is 22.6 Å². The van der Waals surface area contributed by atoms with Crippen LogP contribution in [0.1, 0.15) is 25.0 Å². The Bertz CT molecular complexity index is 741. The Morgan fingerprint density at radius 1 is 1.00 bits per heavy atom. The molecule has 1 N–H and O–H groups in total. The van der Waals surface area contributed by atoms with Crippen molar-refractivity contribution in [3.63, 3.8) is 0 Å². The van der Waals surface area contributed by atoms with E-state index in [1.165, 1.54) is 0 Å². The van der Waals surface area contributed by atoms with Crippen LogP contribution in [0, 0.1) is 5.92 Å². The Morgan fingerprint density at radius 3 is 2.07 bits per heavy atom. The molecule has 1 atom stereocenters. The molecule has 142 valence electrons. The summed E-state index contributed by atoms with van der Waals surface area (Å²) in [6.45, 7) is 8.16. The van der Waals surface area contributed by atoms with E-state index in [4.69, 9.17) is 0 Å². The van der Waals surface area contributed by atoms with Gasteiger partial charge in [0.15, 0.2) is 0 Å². The minimum atomic E-state index is -0.581. The van der Waals surface area contributed by atoms with Crippen molar-refractivity contribution in [2.75, 3.05) is 6.54 Å². The van der Waals surface area contributed by atoms with E-state index in [1.807, 2.05) is 74.5 Å². The SMILES string of the molecule is C=CCNC(=O)C(Cc1ccccc1)N(Cc1ccccc1)C(=O)C(C)C. The Kier molecular flexibility index (Phi) is 7.80. The molecular weight excluding hydrogens is 336 g/mol. The van der Waals surface area contributed by atoms with Gasteiger partial charge in [-0.2, -0.15) is 0 Å². The number of amides is 2. The Hall–Kier alpha value is -2.88. The van der Waals surface area contributed by atoms with Crippen molar-refractivity contribution in [3.8, 4) is 0 Å². The molecule has 0 spiro atoms. The van der Waals surface area contributed by atoms with Crippen LogP contribution < -0.4 is 5.32 Å². The van der Waals surface area contributed by atoms with E-state index in [0.29, 0.717) is 19.5 Å². The van der Waals surface area contributed by atoms with E-state index >= 15 is 0 Å². The quantitative estimate of drug-likeness (QED) is 0.692. The van der Waals surface area contributed by atoms with Gasteiger partial charge in [-0.05, 0) is 11.1 Å². The molecule has 0 aliphatic rings. The van der Waals surface area contributed by atoms with Crippen LogP contribution in [0.25, 0.3) is 0 Å². The van der Waals surface area contributed by atoms with Crippen molar-refractivity contribution >= 4 is 11.8 Å². The highest BCUT2D eigenvalue weighted by molar-refractivity contribution is 5.88. The zero-order valence-electron chi connectivity index (χ0n) is 16.1. The predicted octanol–water partition coefficient (Wildman–Crippen LogP) is 3.58. The van der Waals surface area contributed by atoms with Crippen LogP contribution in [0.5, 0.6) is 0 Å². The molecular formula is C23H28N2O2. The molecule has 2 aromatic carbocycles. The van der Waals surface area contributed by atoms with Crippen molar-refractivity contribution in [1.82, 2.24) is 10.2 Å². The molecule has 1 unspecified atom stereocenters. The lowest BCUT2D eigenvalue weighted by Crippen LogP contribution is -2.51. The fourth-order valence-corrected chi connectivity index (χ4v) is 2.93. The molecule has 2 amide bonds. The van der Waals surface area contributed by atoms with Crippen molar-refractivity contribution in [2.45, 2.75) is 32.9 Å². The smallest absolute Gasteiger partial charge is 0.243 e. The maximum atomic E-state index is 13.0. The maximum absolute atomic E-state index is 13.0. The van der Waals surface area contributed by atoms with Gasteiger partial charge in [0.2, 0.25) is 11.8 Å². The van der Waals surface area contributed by atoms with Gasteiger partial charge < -0.3 is 10.2 Å². The molecule has 2 aromatic rings. The zero-order chi connectivity index (χ0) is 19.6. The van der Waals surface area contributed by atoms with Crippen molar-refractivity contribution in [2.24, 2.45) is 5.92 Å². The first-order chi connectivity index (χ1) is 13.0. The Labute approximate surface area is 161 Å². The normalized spacial score (nSPS) is 11.7. The molecule has 0 heterocycles. The number of nitrogens with zero attached hydrogens (tertiary/aromatic N) is 1. The molecule has 0 fully saturated rings. The molecule has 0 aromatic heterocycles. The summed E-state index contributed by atoms with van der Waals surface area (Å²) in [4.78, 5) is 27.6. The summed E-state index contributed by atoms with van der Waals surface area (Å²) < 4.78 is 0. The molecule has 4 nitrogen and oxygen atoms in total. The summed E-state index contributed by atoms with van der Waals surface area (Å²) in [5.41, 5.74) is 2.02. The van der Waals surface area contributed by atoms with Gasteiger partial charge in [-0.25, -0.2) is 0 Å². The highest BCUT2D eigenvalue weighted by atomic mass is 16.2. The lowest BCUT2D eigenvalue weighted by Gasteiger charge is -2.32. The third-order valence-electron chi connectivity index (χ3n) is 4.34. The van der Waals surface area contributed by atoms with Crippen LogP contribution in [-0.4, -0.2) is 29.3 Å². The Balaban J connectivity index is 2.35. The molecule has 27 heavy (non-hydrogen) atoms. The number of carbonyl (C=O) groups excluding carboxylic acids is 2. The van der Waals surface area contributed by atoms with Gasteiger partial charge >= 0.3 is 0 Å². The van der Waals surface area contributed by atoms with Gasteiger partial charge in [0.05, 0.1) is 0 Å². The molecule has 2 rings (SSSR count). The van der Waals surface area contributed by atoms with Crippen LogP contribution in [0.4, 0.5) is 0 Å². The Morgan fingerprint density at radius 2 is 1.56 bits per heavy atom. The topological polar surface area (TPSA) is 49.4 Å². The standard InChI is InChI=1S/C23H28N2O2/c1-4-15-24-22(26)21(16-19-11-7-5-8-12-19)25(23(27)18(2)3)17-20-13-9-6-10-14-20/h4-14,18,21H,1,15-17H2,2-3H3,(H,24,26). The lowest BCUT2D eigenvalue weighted by atomic mass is 10.0. The average Bonchev–Trinajstić information content (AvgIpc) is 2.69. The average molecular weight is 364 g/mol. The van der Waals surface area contributed by atoms with Gasteiger partial charge in [-0.15, -0.1) is 6.58 Å². The summed E-state index contributed by atoms with van der Waals surface area (Å²) in [6, 6.07) is 19.0. The van der Waals surface area contributed by atoms with Crippen molar-refractivity contribution in [1.29, 1.82) is 0 Å². The number of hydrogen-bond donors (Lipinski definition) is 1. The minimum Gasteiger partial charge on any atom is -0.351 e.